The summed E-state index contributed by atoms with van der Waals surface area (Å²) in [6, 6.07) is 10.4. The third-order valence-electron chi connectivity index (χ3n) is 3.55. The van der Waals surface area contributed by atoms with E-state index in [0.717, 1.165) is 10.2 Å². The van der Waals surface area contributed by atoms with E-state index in [1.807, 2.05) is 17.6 Å². The molecule has 0 spiro atoms. The summed E-state index contributed by atoms with van der Waals surface area (Å²) in [5.41, 5.74) is 1.34. The van der Waals surface area contributed by atoms with Gasteiger partial charge in [-0.15, -0.1) is 0 Å². The number of halogens is 2. The zero-order valence-corrected chi connectivity index (χ0v) is 15.4. The lowest BCUT2D eigenvalue weighted by atomic mass is 10.2. The number of ether oxygens (including phenoxy) is 1. The van der Waals surface area contributed by atoms with Crippen LogP contribution in [0.4, 0.5) is 0 Å². The molecule has 0 aliphatic rings. The Morgan fingerprint density at radius 2 is 1.96 bits per heavy atom. The van der Waals surface area contributed by atoms with Crippen LogP contribution in [-0.2, 0) is 6.54 Å². The van der Waals surface area contributed by atoms with Gasteiger partial charge in [0.25, 0.3) is 5.91 Å². The molecule has 4 nitrogen and oxygen atoms in total. The van der Waals surface area contributed by atoms with E-state index in [9.17, 15) is 4.79 Å². The molecule has 3 aromatic rings. The van der Waals surface area contributed by atoms with Crippen LogP contribution in [0, 0.1) is 0 Å². The van der Waals surface area contributed by atoms with Gasteiger partial charge in [-0.25, -0.2) is 0 Å². The van der Waals surface area contributed by atoms with Crippen molar-refractivity contribution >= 4 is 50.7 Å². The molecule has 1 aromatic heterocycles. The highest BCUT2D eigenvalue weighted by atomic mass is 35.5. The Bertz CT molecular complexity index is 975. The number of hydrogen-bond acceptors (Lipinski definition) is 3. The molecule has 0 saturated heterocycles. The SMILES string of the molecule is CCn1c(=NC(=O)c2ccc(OC)cc2)sc2cc(Cl)cc(Cl)c21. The number of rotatable bonds is 3. The maximum Gasteiger partial charge on any atom is 0.279 e. The van der Waals surface area contributed by atoms with Gasteiger partial charge in [-0.1, -0.05) is 34.5 Å². The summed E-state index contributed by atoms with van der Waals surface area (Å²) < 4.78 is 7.91. The molecule has 0 aliphatic carbocycles. The Hall–Kier alpha value is -1.82. The standard InChI is InChI=1S/C17H14Cl2N2O2S/c1-3-21-15-13(19)8-11(18)9-14(15)24-17(21)20-16(22)10-4-6-12(23-2)7-5-10/h4-9H,3H2,1-2H3. The van der Waals surface area contributed by atoms with Crippen molar-refractivity contribution < 1.29 is 9.53 Å². The fraction of sp³-hybridized carbons (Fsp3) is 0.176. The number of hydrogen-bond donors (Lipinski definition) is 0. The number of carbonyl (C=O) groups is 1. The van der Waals surface area contributed by atoms with Gasteiger partial charge in [-0.05, 0) is 43.3 Å². The quantitative estimate of drug-likeness (QED) is 0.655. The van der Waals surface area contributed by atoms with E-state index in [-0.39, 0.29) is 5.91 Å². The van der Waals surface area contributed by atoms with Gasteiger partial charge < -0.3 is 9.30 Å². The topological polar surface area (TPSA) is 43.6 Å². The summed E-state index contributed by atoms with van der Waals surface area (Å²) in [6.45, 7) is 2.63. The van der Waals surface area contributed by atoms with E-state index >= 15 is 0 Å². The van der Waals surface area contributed by atoms with E-state index in [4.69, 9.17) is 27.9 Å². The fourth-order valence-corrected chi connectivity index (χ4v) is 4.27. The molecule has 0 bridgehead atoms. The Balaban J connectivity index is 2.11. The van der Waals surface area contributed by atoms with Crippen LogP contribution in [0.15, 0.2) is 41.4 Å². The van der Waals surface area contributed by atoms with Crippen molar-refractivity contribution in [1.82, 2.24) is 4.57 Å². The fourth-order valence-electron chi connectivity index (χ4n) is 2.39. The molecular formula is C17H14Cl2N2O2S. The molecule has 0 N–H and O–H groups in total. The second kappa shape index (κ2) is 6.97. The van der Waals surface area contributed by atoms with E-state index < -0.39 is 0 Å². The molecule has 0 radical (unpaired) electrons. The molecule has 0 atom stereocenters. The van der Waals surface area contributed by atoms with Crippen LogP contribution in [-0.4, -0.2) is 17.6 Å². The van der Waals surface area contributed by atoms with Crippen molar-refractivity contribution in [2.45, 2.75) is 13.5 Å². The summed E-state index contributed by atoms with van der Waals surface area (Å²) >= 11 is 13.8. The van der Waals surface area contributed by atoms with Crippen LogP contribution >= 0.6 is 34.5 Å². The van der Waals surface area contributed by atoms with Gasteiger partial charge in [0.2, 0.25) is 0 Å². The van der Waals surface area contributed by atoms with Crippen LogP contribution < -0.4 is 9.54 Å². The summed E-state index contributed by atoms with van der Waals surface area (Å²) in [5.74, 6) is 0.382. The molecule has 0 aliphatic heterocycles. The molecule has 24 heavy (non-hydrogen) atoms. The molecule has 2 aromatic carbocycles. The number of nitrogens with zero attached hydrogens (tertiary/aromatic N) is 2. The first-order valence-corrected chi connectivity index (χ1v) is 8.82. The minimum atomic E-state index is -0.311. The highest BCUT2D eigenvalue weighted by Gasteiger charge is 2.12. The Labute approximate surface area is 152 Å². The number of benzene rings is 2. The highest BCUT2D eigenvalue weighted by molar-refractivity contribution is 7.16. The molecule has 3 rings (SSSR count). The number of fused-ring (bicyclic) bond motifs is 1. The van der Waals surface area contributed by atoms with Gasteiger partial charge in [0.05, 0.1) is 22.3 Å². The maximum atomic E-state index is 12.4. The average molecular weight is 381 g/mol. The predicted molar refractivity (Wildman–Crippen MR) is 98.4 cm³/mol. The summed E-state index contributed by atoms with van der Waals surface area (Å²) in [7, 11) is 1.58. The number of carbonyl (C=O) groups excluding carboxylic acids is 1. The third kappa shape index (κ3) is 3.20. The minimum Gasteiger partial charge on any atom is -0.497 e. The van der Waals surface area contributed by atoms with E-state index in [2.05, 4.69) is 4.99 Å². The van der Waals surface area contributed by atoms with E-state index in [0.29, 0.717) is 32.7 Å². The number of aryl methyl sites for hydroxylation is 1. The second-order valence-corrected chi connectivity index (χ2v) is 6.86. The van der Waals surface area contributed by atoms with Crippen LogP contribution in [0.3, 0.4) is 0 Å². The van der Waals surface area contributed by atoms with Gasteiger partial charge >= 0.3 is 0 Å². The number of aromatic nitrogens is 1. The molecule has 1 heterocycles. The third-order valence-corrected chi connectivity index (χ3v) is 5.08. The normalized spacial score (nSPS) is 11.9. The number of methoxy groups -OCH3 is 1. The zero-order valence-electron chi connectivity index (χ0n) is 13.0. The summed E-state index contributed by atoms with van der Waals surface area (Å²) in [5, 5.41) is 1.11. The summed E-state index contributed by atoms with van der Waals surface area (Å²) in [6.07, 6.45) is 0. The monoisotopic (exact) mass is 380 g/mol. The van der Waals surface area contributed by atoms with Crippen LogP contribution in [0.2, 0.25) is 10.0 Å². The van der Waals surface area contributed by atoms with Gasteiger partial charge in [-0.2, -0.15) is 4.99 Å². The lowest BCUT2D eigenvalue weighted by molar-refractivity contribution is 0.0998. The maximum absolute atomic E-state index is 12.4. The van der Waals surface area contributed by atoms with E-state index in [1.165, 1.54) is 11.3 Å². The first-order valence-electron chi connectivity index (χ1n) is 7.25. The second-order valence-electron chi connectivity index (χ2n) is 5.01. The van der Waals surface area contributed by atoms with Crippen LogP contribution in [0.5, 0.6) is 5.75 Å². The molecular weight excluding hydrogens is 367 g/mol. The lowest BCUT2D eigenvalue weighted by Gasteiger charge is -2.03. The molecule has 7 heteroatoms. The van der Waals surface area contributed by atoms with Gasteiger partial charge in [-0.3, -0.25) is 4.79 Å². The molecule has 0 saturated carbocycles. The number of thiazole rings is 1. The van der Waals surface area contributed by atoms with Crippen molar-refractivity contribution in [1.29, 1.82) is 0 Å². The minimum absolute atomic E-state index is 0.311. The first-order chi connectivity index (χ1) is 11.5. The largest absolute Gasteiger partial charge is 0.497 e. The smallest absolute Gasteiger partial charge is 0.279 e. The van der Waals surface area contributed by atoms with Crippen molar-refractivity contribution in [3.63, 3.8) is 0 Å². The number of amides is 1. The van der Waals surface area contributed by atoms with Crippen molar-refractivity contribution in [3.05, 3.63) is 56.8 Å². The van der Waals surface area contributed by atoms with Crippen molar-refractivity contribution in [3.8, 4) is 5.75 Å². The van der Waals surface area contributed by atoms with Gasteiger partial charge in [0, 0.05) is 17.1 Å². The van der Waals surface area contributed by atoms with Crippen LogP contribution in [0.1, 0.15) is 17.3 Å². The Morgan fingerprint density at radius 3 is 2.58 bits per heavy atom. The molecule has 1 amide bonds. The Morgan fingerprint density at radius 1 is 1.25 bits per heavy atom. The average Bonchev–Trinajstić information content (AvgIpc) is 2.92. The Kier molecular flexibility index (Phi) is 4.94. The van der Waals surface area contributed by atoms with Crippen molar-refractivity contribution in [2.24, 2.45) is 4.99 Å². The van der Waals surface area contributed by atoms with Crippen molar-refractivity contribution in [2.75, 3.05) is 7.11 Å². The van der Waals surface area contributed by atoms with Gasteiger partial charge in [0.15, 0.2) is 4.80 Å². The van der Waals surface area contributed by atoms with Crippen LogP contribution in [0.25, 0.3) is 10.2 Å². The lowest BCUT2D eigenvalue weighted by Crippen LogP contribution is -2.16. The van der Waals surface area contributed by atoms with E-state index in [1.54, 1.807) is 37.4 Å². The molecule has 124 valence electrons. The molecule has 0 fully saturated rings. The molecule has 0 unspecified atom stereocenters. The predicted octanol–water partition coefficient (Wildman–Crippen LogP) is 4.78. The first kappa shape index (κ1) is 17.0. The summed E-state index contributed by atoms with van der Waals surface area (Å²) in [4.78, 5) is 17.3. The van der Waals surface area contributed by atoms with Gasteiger partial charge in [0.1, 0.15) is 5.75 Å². The highest BCUT2D eigenvalue weighted by Crippen LogP contribution is 2.29. The zero-order chi connectivity index (χ0) is 17.3.